The molecular formula is C23H17N3O3. The van der Waals surface area contributed by atoms with Crippen molar-refractivity contribution in [2.45, 2.75) is 24.8 Å². The van der Waals surface area contributed by atoms with E-state index in [1.807, 2.05) is 59.4 Å². The minimum atomic E-state index is -0.631. The number of hydrogen-bond donors (Lipinski definition) is 2. The van der Waals surface area contributed by atoms with E-state index in [2.05, 4.69) is 10.3 Å². The first-order valence-corrected chi connectivity index (χ1v) is 9.69. The van der Waals surface area contributed by atoms with Crippen LogP contribution in [0.15, 0.2) is 54.9 Å². The van der Waals surface area contributed by atoms with E-state index in [9.17, 15) is 14.4 Å². The smallest absolute Gasteiger partial charge is 0.235 e. The predicted molar refractivity (Wildman–Crippen MR) is 108 cm³/mol. The van der Waals surface area contributed by atoms with Crippen molar-refractivity contribution in [3.63, 3.8) is 0 Å². The Morgan fingerprint density at radius 3 is 2.48 bits per heavy atom. The second kappa shape index (κ2) is 5.67. The summed E-state index contributed by atoms with van der Waals surface area (Å²) in [6, 6.07) is 13.4. The van der Waals surface area contributed by atoms with Crippen LogP contribution in [0.4, 0.5) is 0 Å². The average molecular weight is 383 g/mol. The van der Waals surface area contributed by atoms with Crippen LogP contribution in [-0.2, 0) is 16.1 Å². The summed E-state index contributed by atoms with van der Waals surface area (Å²) in [6.45, 7) is 0.590. The van der Waals surface area contributed by atoms with Gasteiger partial charge in [-0.05, 0) is 23.3 Å². The summed E-state index contributed by atoms with van der Waals surface area (Å²) in [5, 5.41) is 4.34. The summed E-state index contributed by atoms with van der Waals surface area (Å²) in [6.07, 6.45) is 4.22. The Balaban J connectivity index is 1.59. The van der Waals surface area contributed by atoms with Gasteiger partial charge < -0.3 is 9.55 Å². The monoisotopic (exact) mass is 383 g/mol. The summed E-state index contributed by atoms with van der Waals surface area (Å²) in [7, 11) is 0. The molecule has 29 heavy (non-hydrogen) atoms. The van der Waals surface area contributed by atoms with E-state index in [0.717, 1.165) is 32.9 Å². The Bertz CT molecular complexity index is 1360. The number of nitrogens with one attached hydrogen (secondary N) is 2. The quantitative estimate of drug-likeness (QED) is 0.521. The molecule has 0 bridgehead atoms. The molecule has 2 aromatic carbocycles. The van der Waals surface area contributed by atoms with E-state index in [0.29, 0.717) is 18.5 Å². The maximum Gasteiger partial charge on any atom is 0.235 e. The molecule has 2 aromatic heterocycles. The van der Waals surface area contributed by atoms with Crippen LogP contribution in [0.1, 0.15) is 39.7 Å². The first-order valence-electron chi connectivity index (χ1n) is 9.69. The van der Waals surface area contributed by atoms with Crippen LogP contribution in [0, 0.1) is 0 Å². The zero-order chi connectivity index (χ0) is 19.7. The number of aryl methyl sites for hydroxylation is 1. The van der Waals surface area contributed by atoms with Crippen molar-refractivity contribution in [2.24, 2.45) is 0 Å². The van der Waals surface area contributed by atoms with Gasteiger partial charge in [-0.1, -0.05) is 30.3 Å². The molecule has 0 saturated carbocycles. The van der Waals surface area contributed by atoms with E-state index in [1.54, 1.807) is 0 Å². The number of benzene rings is 2. The van der Waals surface area contributed by atoms with E-state index < -0.39 is 11.8 Å². The number of rotatable bonds is 2. The van der Waals surface area contributed by atoms with Gasteiger partial charge in [-0.15, -0.1) is 0 Å². The number of carbonyl (C=O) groups is 3. The lowest BCUT2D eigenvalue weighted by atomic mass is 9.83. The molecule has 2 aliphatic rings. The number of carbonyl (C=O) groups excluding carboxylic acids is 3. The first kappa shape index (κ1) is 16.3. The van der Waals surface area contributed by atoms with Gasteiger partial charge in [0.05, 0.1) is 17.4 Å². The number of Topliss-reactive ketones (excluding diaryl/α,β-unsaturated/α-hetero) is 1. The normalized spacial score (nSPS) is 21.3. The number of amides is 2. The Morgan fingerprint density at radius 1 is 0.862 bits per heavy atom. The van der Waals surface area contributed by atoms with Crippen LogP contribution < -0.4 is 5.32 Å². The van der Waals surface area contributed by atoms with E-state index >= 15 is 0 Å². The molecule has 1 saturated heterocycles. The van der Waals surface area contributed by atoms with Crippen molar-refractivity contribution < 1.29 is 14.4 Å². The molecule has 0 spiro atoms. The molecule has 4 heterocycles. The second-order valence-corrected chi connectivity index (χ2v) is 7.75. The minimum Gasteiger partial charge on any atom is -0.361 e. The topological polar surface area (TPSA) is 84.0 Å². The Hall–Kier alpha value is -3.67. The first-order chi connectivity index (χ1) is 14.1. The maximum absolute atomic E-state index is 12.9. The number of ketones is 1. The van der Waals surface area contributed by atoms with E-state index in [1.165, 1.54) is 0 Å². The Morgan fingerprint density at radius 2 is 1.62 bits per heavy atom. The molecule has 0 aliphatic carbocycles. The number of aromatic amines is 1. The van der Waals surface area contributed by atoms with Crippen molar-refractivity contribution >= 4 is 39.4 Å². The fourth-order valence-corrected chi connectivity index (χ4v) is 4.97. The van der Waals surface area contributed by atoms with Crippen molar-refractivity contribution in [3.05, 3.63) is 71.5 Å². The largest absolute Gasteiger partial charge is 0.361 e. The average Bonchev–Trinajstić information content (AvgIpc) is 3.38. The number of fused-ring (bicyclic) bond motifs is 1. The number of imide groups is 1. The van der Waals surface area contributed by atoms with E-state index in [-0.39, 0.29) is 17.6 Å². The highest BCUT2D eigenvalue weighted by Gasteiger charge is 2.46. The van der Waals surface area contributed by atoms with Crippen LogP contribution >= 0.6 is 0 Å². The van der Waals surface area contributed by atoms with Crippen LogP contribution in [-0.4, -0.2) is 27.1 Å². The van der Waals surface area contributed by atoms with Gasteiger partial charge in [0, 0.05) is 47.2 Å². The number of para-hydroxylation sites is 2. The third-order valence-corrected chi connectivity index (χ3v) is 6.25. The Kier molecular flexibility index (Phi) is 3.19. The van der Waals surface area contributed by atoms with Crippen molar-refractivity contribution in [2.75, 3.05) is 0 Å². The van der Waals surface area contributed by atoms with Crippen molar-refractivity contribution in [1.29, 1.82) is 0 Å². The van der Waals surface area contributed by atoms with Crippen LogP contribution in [0.3, 0.4) is 0 Å². The molecule has 0 radical (unpaired) electrons. The van der Waals surface area contributed by atoms with Gasteiger partial charge in [-0.25, -0.2) is 0 Å². The number of hydrogen-bond acceptors (Lipinski definition) is 3. The van der Waals surface area contributed by atoms with Crippen LogP contribution in [0.25, 0.3) is 21.8 Å². The molecule has 142 valence electrons. The van der Waals surface area contributed by atoms with Gasteiger partial charge >= 0.3 is 0 Å². The Labute approximate surface area is 165 Å². The summed E-state index contributed by atoms with van der Waals surface area (Å²) in [5.74, 6) is -1.70. The summed E-state index contributed by atoms with van der Waals surface area (Å²) in [5.41, 5.74) is 4.10. The molecule has 6 heteroatoms. The van der Waals surface area contributed by atoms with Crippen LogP contribution in [0.2, 0.25) is 0 Å². The van der Waals surface area contributed by atoms with Gasteiger partial charge in [-0.3, -0.25) is 19.7 Å². The zero-order valence-corrected chi connectivity index (χ0v) is 15.4. The molecular weight excluding hydrogens is 366 g/mol. The molecule has 6 rings (SSSR count). The molecule has 1 fully saturated rings. The lowest BCUT2D eigenvalue weighted by Crippen LogP contribution is -2.21. The standard InChI is InChI=1S/C23H17N3O3/c27-18-8-9-26-11-16(13-5-3-6-14(18)21(13)26)20-19(22(28)25-23(20)29)15-10-24-17-7-2-1-4-12(15)17/h1-7,10-11,19-20,24H,8-9H2,(H,25,28,29)/t19-,20-/m1/s1. The predicted octanol–water partition coefficient (Wildman–Crippen LogP) is 3.23. The van der Waals surface area contributed by atoms with Gasteiger partial charge in [0.2, 0.25) is 11.8 Å². The van der Waals surface area contributed by atoms with Gasteiger partial charge in [0.15, 0.2) is 5.78 Å². The highest BCUT2D eigenvalue weighted by Crippen LogP contribution is 2.44. The summed E-state index contributed by atoms with van der Waals surface area (Å²) >= 11 is 0. The van der Waals surface area contributed by atoms with Gasteiger partial charge in [0.25, 0.3) is 0 Å². The van der Waals surface area contributed by atoms with Crippen LogP contribution in [0.5, 0.6) is 0 Å². The molecule has 6 nitrogen and oxygen atoms in total. The van der Waals surface area contributed by atoms with Gasteiger partial charge in [0.1, 0.15) is 0 Å². The third-order valence-electron chi connectivity index (χ3n) is 6.25. The third kappa shape index (κ3) is 2.14. The number of H-pyrrole nitrogens is 1. The number of nitrogens with zero attached hydrogens (tertiary/aromatic N) is 1. The van der Waals surface area contributed by atoms with Gasteiger partial charge in [-0.2, -0.15) is 0 Å². The molecule has 2 atom stereocenters. The van der Waals surface area contributed by atoms with Crippen molar-refractivity contribution in [3.8, 4) is 0 Å². The lowest BCUT2D eigenvalue weighted by Gasteiger charge is -2.15. The summed E-state index contributed by atoms with van der Waals surface area (Å²) < 4.78 is 2.05. The van der Waals surface area contributed by atoms with Crippen molar-refractivity contribution in [1.82, 2.24) is 14.9 Å². The highest BCUT2D eigenvalue weighted by molar-refractivity contribution is 6.15. The zero-order valence-electron chi connectivity index (χ0n) is 15.4. The molecule has 2 N–H and O–H groups in total. The fraction of sp³-hybridized carbons (Fsp3) is 0.174. The molecule has 2 amide bonds. The second-order valence-electron chi connectivity index (χ2n) is 7.75. The molecule has 4 aromatic rings. The lowest BCUT2D eigenvalue weighted by molar-refractivity contribution is -0.125. The maximum atomic E-state index is 12.9. The SMILES string of the molecule is O=C1CCn2cc([C@H]3C(=O)NC(=O)[C@@H]3c3c[nH]c4ccccc34)c3cccc1c32. The minimum absolute atomic E-state index is 0.118. The summed E-state index contributed by atoms with van der Waals surface area (Å²) in [4.78, 5) is 41.3. The molecule has 0 unspecified atom stereocenters. The van der Waals surface area contributed by atoms with E-state index in [4.69, 9.17) is 0 Å². The highest BCUT2D eigenvalue weighted by atomic mass is 16.2. The fourth-order valence-electron chi connectivity index (χ4n) is 4.97. The molecule has 2 aliphatic heterocycles. The number of aromatic nitrogens is 2.